The van der Waals surface area contributed by atoms with Crippen LogP contribution in [0.25, 0.3) is 0 Å². The third-order valence-corrected chi connectivity index (χ3v) is 4.79. The molecule has 0 saturated carbocycles. The van der Waals surface area contributed by atoms with Crippen LogP contribution < -0.4 is 4.74 Å². The average molecular weight is 374 g/mol. The van der Waals surface area contributed by atoms with Crippen molar-refractivity contribution in [1.82, 2.24) is 4.90 Å². The molecule has 6 heteroatoms. The van der Waals surface area contributed by atoms with Crippen LogP contribution in [0.1, 0.15) is 24.1 Å². The number of nitrogens with zero attached hydrogens (tertiary/aromatic N) is 1. The molecule has 0 saturated heterocycles. The highest BCUT2D eigenvalue weighted by Gasteiger charge is 2.38. The predicted molar refractivity (Wildman–Crippen MR) is 98.2 cm³/mol. The first-order chi connectivity index (χ1) is 12.5. The highest BCUT2D eigenvalue weighted by Crippen LogP contribution is 2.32. The van der Waals surface area contributed by atoms with Gasteiger partial charge in [0.15, 0.2) is 12.1 Å². The summed E-state index contributed by atoms with van der Waals surface area (Å²) in [7, 11) is 1.33. The quantitative estimate of drug-likeness (QED) is 0.771. The Morgan fingerprint density at radius 2 is 1.85 bits per heavy atom. The fraction of sp³-hybridized carbons (Fsp3) is 0.300. The molecule has 136 valence electrons. The molecular formula is C20H20ClNO4. The topological polar surface area (TPSA) is 55.8 Å². The molecule has 1 aliphatic heterocycles. The SMILES string of the molecule is COC(=O)[C@@H]1c2ccccc2CCN1C(=O)[C@@H](C)Oc1ccccc1Cl. The Morgan fingerprint density at radius 3 is 2.58 bits per heavy atom. The number of ether oxygens (including phenoxy) is 2. The number of halogens is 1. The van der Waals surface area contributed by atoms with E-state index in [9.17, 15) is 9.59 Å². The first-order valence-corrected chi connectivity index (χ1v) is 8.78. The number of methoxy groups -OCH3 is 1. The smallest absolute Gasteiger partial charge is 0.333 e. The van der Waals surface area contributed by atoms with Crippen molar-refractivity contribution >= 4 is 23.5 Å². The molecule has 0 fully saturated rings. The van der Waals surface area contributed by atoms with Crippen LogP contribution in [-0.2, 0) is 20.7 Å². The Morgan fingerprint density at radius 1 is 1.15 bits per heavy atom. The molecule has 5 nitrogen and oxygen atoms in total. The van der Waals surface area contributed by atoms with Crippen molar-refractivity contribution in [2.24, 2.45) is 0 Å². The summed E-state index contributed by atoms with van der Waals surface area (Å²) < 4.78 is 10.7. The highest BCUT2D eigenvalue weighted by molar-refractivity contribution is 6.32. The second-order valence-corrected chi connectivity index (χ2v) is 6.50. The molecule has 1 aliphatic rings. The average Bonchev–Trinajstić information content (AvgIpc) is 2.67. The third-order valence-electron chi connectivity index (χ3n) is 4.48. The second-order valence-electron chi connectivity index (χ2n) is 6.10. The summed E-state index contributed by atoms with van der Waals surface area (Å²) >= 11 is 6.10. The Labute approximate surface area is 157 Å². The van der Waals surface area contributed by atoms with E-state index < -0.39 is 18.1 Å². The first-order valence-electron chi connectivity index (χ1n) is 8.40. The zero-order valence-corrected chi connectivity index (χ0v) is 15.4. The fourth-order valence-electron chi connectivity index (χ4n) is 3.18. The largest absolute Gasteiger partial charge is 0.479 e. The lowest BCUT2D eigenvalue weighted by molar-refractivity contribution is -0.156. The summed E-state index contributed by atoms with van der Waals surface area (Å²) in [5.41, 5.74) is 1.84. The van der Waals surface area contributed by atoms with Crippen LogP contribution in [-0.4, -0.2) is 36.5 Å². The fourth-order valence-corrected chi connectivity index (χ4v) is 3.36. The van der Waals surface area contributed by atoms with E-state index in [0.29, 0.717) is 23.7 Å². The monoisotopic (exact) mass is 373 g/mol. The molecule has 0 spiro atoms. The zero-order chi connectivity index (χ0) is 18.7. The lowest BCUT2D eigenvalue weighted by Gasteiger charge is -2.36. The van der Waals surface area contributed by atoms with Crippen molar-refractivity contribution < 1.29 is 19.1 Å². The minimum Gasteiger partial charge on any atom is -0.479 e. The first kappa shape index (κ1) is 18.3. The normalized spacial score (nSPS) is 17.2. The van der Waals surface area contributed by atoms with Crippen molar-refractivity contribution in [2.75, 3.05) is 13.7 Å². The van der Waals surface area contributed by atoms with Crippen LogP contribution in [0.2, 0.25) is 5.02 Å². The molecule has 1 amide bonds. The van der Waals surface area contributed by atoms with Crippen molar-refractivity contribution in [1.29, 1.82) is 0 Å². The lowest BCUT2D eigenvalue weighted by Crippen LogP contribution is -2.48. The number of rotatable bonds is 4. The van der Waals surface area contributed by atoms with Gasteiger partial charge in [-0.1, -0.05) is 48.0 Å². The molecular weight excluding hydrogens is 354 g/mol. The van der Waals surface area contributed by atoms with E-state index in [2.05, 4.69) is 0 Å². The Hall–Kier alpha value is -2.53. The van der Waals surface area contributed by atoms with Crippen LogP contribution in [0.4, 0.5) is 0 Å². The van der Waals surface area contributed by atoms with Gasteiger partial charge >= 0.3 is 5.97 Å². The maximum atomic E-state index is 13.0. The Bertz CT molecular complexity index is 823. The van der Waals surface area contributed by atoms with Gasteiger partial charge in [0.05, 0.1) is 12.1 Å². The maximum absolute atomic E-state index is 13.0. The minimum absolute atomic E-state index is 0.283. The van der Waals surface area contributed by atoms with E-state index in [1.165, 1.54) is 12.0 Å². The molecule has 0 N–H and O–H groups in total. The molecule has 0 unspecified atom stereocenters. The highest BCUT2D eigenvalue weighted by atomic mass is 35.5. The minimum atomic E-state index is -0.785. The molecule has 0 aliphatic carbocycles. The summed E-state index contributed by atoms with van der Waals surface area (Å²) in [6.45, 7) is 2.08. The number of para-hydroxylation sites is 1. The van der Waals surface area contributed by atoms with E-state index >= 15 is 0 Å². The van der Waals surface area contributed by atoms with Crippen molar-refractivity contribution in [3.8, 4) is 5.75 Å². The maximum Gasteiger partial charge on any atom is 0.333 e. The summed E-state index contributed by atoms with van der Waals surface area (Å²) in [5.74, 6) is -0.313. The summed E-state index contributed by atoms with van der Waals surface area (Å²) in [5, 5.41) is 0.431. The summed E-state index contributed by atoms with van der Waals surface area (Å²) in [6.07, 6.45) is -0.110. The third kappa shape index (κ3) is 3.53. The zero-order valence-electron chi connectivity index (χ0n) is 14.6. The van der Waals surface area contributed by atoms with Crippen molar-refractivity contribution in [3.05, 3.63) is 64.7 Å². The van der Waals surface area contributed by atoms with Crippen LogP contribution in [0.15, 0.2) is 48.5 Å². The molecule has 2 aromatic rings. The molecule has 3 rings (SSSR count). The van der Waals surface area contributed by atoms with Crippen LogP contribution in [0.3, 0.4) is 0 Å². The molecule has 2 aromatic carbocycles. The van der Waals surface area contributed by atoms with E-state index in [0.717, 1.165) is 11.1 Å². The Kier molecular flexibility index (Phi) is 5.47. The predicted octanol–water partition coefficient (Wildman–Crippen LogP) is 3.41. The van der Waals surface area contributed by atoms with Gasteiger partial charge in [0.1, 0.15) is 5.75 Å². The molecule has 0 bridgehead atoms. The van der Waals surface area contributed by atoms with Gasteiger partial charge in [0, 0.05) is 6.54 Å². The molecule has 2 atom stereocenters. The van der Waals surface area contributed by atoms with Gasteiger partial charge in [0.25, 0.3) is 5.91 Å². The number of esters is 1. The molecule has 0 aromatic heterocycles. The number of hydrogen-bond acceptors (Lipinski definition) is 4. The standard InChI is InChI=1S/C20H20ClNO4/c1-13(26-17-10-6-5-9-16(17)21)19(23)22-12-11-14-7-3-4-8-15(14)18(22)20(24)25-2/h3-10,13,18H,11-12H2,1-2H3/t13-,18+/m1/s1. The van der Waals surface area contributed by atoms with E-state index in [-0.39, 0.29) is 5.91 Å². The van der Waals surface area contributed by atoms with Gasteiger partial charge in [-0.15, -0.1) is 0 Å². The lowest BCUT2D eigenvalue weighted by atomic mass is 9.92. The van der Waals surface area contributed by atoms with E-state index in [1.807, 2.05) is 24.3 Å². The van der Waals surface area contributed by atoms with Crippen LogP contribution in [0, 0.1) is 0 Å². The van der Waals surface area contributed by atoms with Gasteiger partial charge in [0.2, 0.25) is 0 Å². The van der Waals surface area contributed by atoms with E-state index in [4.69, 9.17) is 21.1 Å². The van der Waals surface area contributed by atoms with E-state index in [1.54, 1.807) is 31.2 Å². The molecule has 0 radical (unpaired) electrons. The number of fused-ring (bicyclic) bond motifs is 1. The number of benzene rings is 2. The number of carbonyl (C=O) groups excluding carboxylic acids is 2. The molecule has 1 heterocycles. The number of carbonyl (C=O) groups is 2. The van der Waals surface area contributed by atoms with Gasteiger partial charge < -0.3 is 14.4 Å². The molecule has 26 heavy (non-hydrogen) atoms. The van der Waals surface area contributed by atoms with Gasteiger partial charge in [-0.2, -0.15) is 0 Å². The van der Waals surface area contributed by atoms with Crippen LogP contribution >= 0.6 is 11.6 Å². The van der Waals surface area contributed by atoms with Crippen molar-refractivity contribution in [3.63, 3.8) is 0 Å². The Balaban J connectivity index is 1.85. The van der Waals surface area contributed by atoms with Gasteiger partial charge in [-0.25, -0.2) is 4.79 Å². The van der Waals surface area contributed by atoms with Gasteiger partial charge in [-0.05, 0) is 36.6 Å². The van der Waals surface area contributed by atoms with Gasteiger partial charge in [-0.3, -0.25) is 4.79 Å². The number of amides is 1. The summed E-state index contributed by atoms with van der Waals surface area (Å²) in [6, 6.07) is 13.8. The number of hydrogen-bond donors (Lipinski definition) is 0. The van der Waals surface area contributed by atoms with Crippen molar-refractivity contribution in [2.45, 2.75) is 25.5 Å². The second kappa shape index (κ2) is 7.79. The summed E-state index contributed by atoms with van der Waals surface area (Å²) in [4.78, 5) is 26.9. The van der Waals surface area contributed by atoms with Crippen LogP contribution in [0.5, 0.6) is 5.75 Å².